The summed E-state index contributed by atoms with van der Waals surface area (Å²) in [6, 6.07) is 3.67. The van der Waals surface area contributed by atoms with Gasteiger partial charge in [0.15, 0.2) is 0 Å². The van der Waals surface area contributed by atoms with E-state index in [9.17, 15) is 15.0 Å². The first kappa shape index (κ1) is 14.9. The Bertz CT molecular complexity index is 405. The van der Waals surface area contributed by atoms with Gasteiger partial charge in [0.25, 0.3) is 5.91 Å². The lowest BCUT2D eigenvalue weighted by molar-refractivity contribution is 0.0912. The maximum atomic E-state index is 12.0. The second-order valence-electron chi connectivity index (χ2n) is 4.09. The molecule has 0 fully saturated rings. The van der Waals surface area contributed by atoms with Gasteiger partial charge in [0.1, 0.15) is 11.5 Å². The quantitative estimate of drug-likeness (QED) is 0.730. The Kier molecular flexibility index (Phi) is 5.11. The molecular formula is C12H15Cl2NO3. The largest absolute Gasteiger partial charge is 0.508 e. The lowest BCUT2D eigenvalue weighted by Crippen LogP contribution is -2.51. The maximum Gasteiger partial charge on any atom is 0.252 e. The Balaban J connectivity index is 2.94. The van der Waals surface area contributed by atoms with E-state index in [0.29, 0.717) is 6.42 Å². The number of alkyl halides is 2. The van der Waals surface area contributed by atoms with E-state index in [4.69, 9.17) is 23.2 Å². The summed E-state index contributed by atoms with van der Waals surface area (Å²) in [7, 11) is 0. The van der Waals surface area contributed by atoms with Crippen LogP contribution in [0.15, 0.2) is 18.2 Å². The summed E-state index contributed by atoms with van der Waals surface area (Å²) in [5, 5.41) is 21.4. The monoisotopic (exact) mass is 291 g/mol. The fraction of sp³-hybridized carbons (Fsp3) is 0.417. The molecule has 18 heavy (non-hydrogen) atoms. The lowest BCUT2D eigenvalue weighted by Gasteiger charge is -2.29. The van der Waals surface area contributed by atoms with E-state index in [-0.39, 0.29) is 28.8 Å². The van der Waals surface area contributed by atoms with E-state index >= 15 is 0 Å². The molecule has 0 aliphatic rings. The van der Waals surface area contributed by atoms with Crippen molar-refractivity contribution in [1.82, 2.24) is 5.32 Å². The first-order valence-electron chi connectivity index (χ1n) is 5.44. The van der Waals surface area contributed by atoms with Crippen LogP contribution in [0.4, 0.5) is 0 Å². The first-order valence-corrected chi connectivity index (χ1v) is 6.50. The van der Waals surface area contributed by atoms with Crippen molar-refractivity contribution < 1.29 is 15.0 Å². The number of benzene rings is 1. The van der Waals surface area contributed by atoms with Gasteiger partial charge in [-0.2, -0.15) is 0 Å². The van der Waals surface area contributed by atoms with Crippen LogP contribution in [0.2, 0.25) is 0 Å². The van der Waals surface area contributed by atoms with Crippen LogP contribution in [0.1, 0.15) is 23.7 Å². The molecule has 0 aliphatic carbocycles. The number of hydrogen-bond acceptors (Lipinski definition) is 3. The number of phenols is 2. The van der Waals surface area contributed by atoms with Gasteiger partial charge in [-0.25, -0.2) is 0 Å². The third-order valence-corrected chi connectivity index (χ3v) is 3.75. The molecule has 0 unspecified atom stereocenters. The van der Waals surface area contributed by atoms with Gasteiger partial charge in [-0.1, -0.05) is 6.92 Å². The lowest BCUT2D eigenvalue weighted by atomic mass is 10.0. The number of phenolic OH excluding ortho intramolecular Hbond substituents is 2. The molecule has 0 bridgehead atoms. The van der Waals surface area contributed by atoms with Crippen LogP contribution in [0.25, 0.3) is 0 Å². The molecule has 0 atom stereocenters. The fourth-order valence-electron chi connectivity index (χ4n) is 1.42. The van der Waals surface area contributed by atoms with Gasteiger partial charge in [0.2, 0.25) is 0 Å². The van der Waals surface area contributed by atoms with Crippen LogP contribution in [-0.4, -0.2) is 33.4 Å². The van der Waals surface area contributed by atoms with E-state index in [1.807, 2.05) is 6.92 Å². The van der Waals surface area contributed by atoms with Gasteiger partial charge < -0.3 is 15.5 Å². The molecule has 3 N–H and O–H groups in total. The highest BCUT2D eigenvalue weighted by atomic mass is 35.5. The molecule has 0 aromatic heterocycles. The number of aromatic hydroxyl groups is 2. The summed E-state index contributed by atoms with van der Waals surface area (Å²) in [6.45, 7) is 1.87. The first-order chi connectivity index (χ1) is 8.46. The summed E-state index contributed by atoms with van der Waals surface area (Å²) >= 11 is 11.6. The molecule has 0 saturated heterocycles. The number of carbonyl (C=O) groups excluding carboxylic acids is 1. The molecule has 4 nitrogen and oxygen atoms in total. The van der Waals surface area contributed by atoms with Crippen molar-refractivity contribution in [2.45, 2.75) is 18.9 Å². The second-order valence-corrected chi connectivity index (χ2v) is 4.63. The van der Waals surface area contributed by atoms with E-state index in [1.165, 1.54) is 12.1 Å². The number of rotatable bonds is 5. The predicted octanol–water partition coefficient (Wildman–Crippen LogP) is 2.45. The third kappa shape index (κ3) is 3.43. The second kappa shape index (κ2) is 6.16. The molecule has 0 heterocycles. The van der Waals surface area contributed by atoms with Crippen LogP contribution in [-0.2, 0) is 0 Å². The smallest absolute Gasteiger partial charge is 0.252 e. The van der Waals surface area contributed by atoms with Crippen molar-refractivity contribution in [3.05, 3.63) is 23.8 Å². The predicted molar refractivity (Wildman–Crippen MR) is 71.7 cm³/mol. The van der Waals surface area contributed by atoms with Crippen LogP contribution < -0.4 is 5.32 Å². The van der Waals surface area contributed by atoms with Gasteiger partial charge in [0, 0.05) is 23.4 Å². The Morgan fingerprint density at radius 1 is 1.22 bits per heavy atom. The molecule has 0 saturated carbocycles. The van der Waals surface area contributed by atoms with Crippen molar-refractivity contribution >= 4 is 29.1 Å². The summed E-state index contributed by atoms with van der Waals surface area (Å²) in [5.74, 6) is -0.435. The van der Waals surface area contributed by atoms with Crippen LogP contribution in [0.3, 0.4) is 0 Å². The fourth-order valence-corrected chi connectivity index (χ4v) is 2.22. The average molecular weight is 292 g/mol. The Labute approximate surface area is 116 Å². The summed E-state index contributed by atoms with van der Waals surface area (Å²) in [6.07, 6.45) is 0.580. The standard InChI is InChI=1S/C12H15Cl2NO3/c1-2-12(6-13,7-14)15-11(18)8-3-9(16)5-10(17)4-8/h3-5,16-17H,2,6-7H2,1H3,(H,15,18). The van der Waals surface area contributed by atoms with Gasteiger partial charge in [-0.15, -0.1) is 23.2 Å². The van der Waals surface area contributed by atoms with Crippen molar-refractivity contribution in [3.63, 3.8) is 0 Å². The van der Waals surface area contributed by atoms with Crippen LogP contribution in [0.5, 0.6) is 11.5 Å². The van der Waals surface area contributed by atoms with Gasteiger partial charge in [-0.3, -0.25) is 4.79 Å². The van der Waals surface area contributed by atoms with E-state index in [0.717, 1.165) is 6.07 Å². The van der Waals surface area contributed by atoms with Crippen molar-refractivity contribution in [1.29, 1.82) is 0 Å². The molecule has 1 amide bonds. The molecule has 1 aromatic rings. The Morgan fingerprint density at radius 3 is 2.11 bits per heavy atom. The zero-order valence-corrected chi connectivity index (χ0v) is 11.4. The zero-order chi connectivity index (χ0) is 13.8. The van der Waals surface area contributed by atoms with Gasteiger partial charge in [-0.05, 0) is 18.6 Å². The van der Waals surface area contributed by atoms with E-state index < -0.39 is 11.4 Å². The summed E-state index contributed by atoms with van der Waals surface area (Å²) in [5.41, 5.74) is -0.540. The molecule has 1 aromatic carbocycles. The minimum absolute atomic E-state index is 0.153. The van der Waals surface area contributed by atoms with Crippen LogP contribution in [0, 0.1) is 0 Å². The molecule has 0 aliphatic heterocycles. The van der Waals surface area contributed by atoms with E-state index in [1.54, 1.807) is 0 Å². The zero-order valence-electron chi connectivity index (χ0n) is 9.91. The number of carbonyl (C=O) groups is 1. The van der Waals surface area contributed by atoms with Crippen molar-refractivity contribution in [2.75, 3.05) is 11.8 Å². The summed E-state index contributed by atoms with van der Waals surface area (Å²) < 4.78 is 0. The highest BCUT2D eigenvalue weighted by Crippen LogP contribution is 2.22. The average Bonchev–Trinajstić information content (AvgIpc) is 2.35. The minimum atomic E-state index is -0.693. The molecule has 0 spiro atoms. The minimum Gasteiger partial charge on any atom is -0.508 e. The topological polar surface area (TPSA) is 69.6 Å². The summed E-state index contributed by atoms with van der Waals surface area (Å²) in [4.78, 5) is 12.0. The third-order valence-electron chi connectivity index (χ3n) is 2.73. The molecular weight excluding hydrogens is 277 g/mol. The normalized spacial score (nSPS) is 11.3. The Hall–Kier alpha value is -1.13. The molecule has 6 heteroatoms. The van der Waals surface area contributed by atoms with E-state index in [2.05, 4.69) is 5.32 Å². The molecule has 1 rings (SSSR count). The maximum absolute atomic E-state index is 12.0. The van der Waals surface area contributed by atoms with Crippen LogP contribution >= 0.6 is 23.2 Å². The van der Waals surface area contributed by atoms with Gasteiger partial charge >= 0.3 is 0 Å². The molecule has 0 radical (unpaired) electrons. The SMILES string of the molecule is CCC(CCl)(CCl)NC(=O)c1cc(O)cc(O)c1. The highest BCUT2D eigenvalue weighted by molar-refractivity contribution is 6.22. The number of hydrogen-bond donors (Lipinski definition) is 3. The number of nitrogens with one attached hydrogen (secondary N) is 1. The van der Waals surface area contributed by atoms with Crippen molar-refractivity contribution in [2.24, 2.45) is 0 Å². The number of halogens is 2. The highest BCUT2D eigenvalue weighted by Gasteiger charge is 2.28. The Morgan fingerprint density at radius 2 is 1.72 bits per heavy atom. The van der Waals surface area contributed by atoms with Gasteiger partial charge in [0.05, 0.1) is 5.54 Å². The number of amides is 1. The molecule has 100 valence electrons. The van der Waals surface area contributed by atoms with Crippen molar-refractivity contribution in [3.8, 4) is 11.5 Å².